The molecule has 2 heterocycles. The van der Waals surface area contributed by atoms with E-state index in [0.717, 1.165) is 29.5 Å². The van der Waals surface area contributed by atoms with Crippen molar-refractivity contribution in [1.29, 1.82) is 0 Å². The van der Waals surface area contributed by atoms with Crippen LogP contribution < -0.4 is 5.32 Å². The Balaban J connectivity index is 1.30. The lowest BCUT2D eigenvalue weighted by molar-refractivity contribution is -0.141. The number of amides is 2. The molecule has 5 heteroatoms. The average molecular weight is 446 g/mol. The largest absolute Gasteiger partial charge is 0.356 e. The molecule has 0 radical (unpaired) electrons. The predicted octanol–water partition coefficient (Wildman–Crippen LogP) is 4.47. The Morgan fingerprint density at radius 2 is 1.79 bits per heavy atom. The van der Waals surface area contributed by atoms with Gasteiger partial charge in [-0.2, -0.15) is 0 Å². The number of hydrogen-bond acceptors (Lipinski definition) is 3. The molecule has 1 aromatic heterocycles. The number of carbonyl (C=O) groups is 2. The molecule has 3 fully saturated rings. The second kappa shape index (κ2) is 9.28. The van der Waals surface area contributed by atoms with Crippen LogP contribution in [0.2, 0.25) is 0 Å². The third-order valence-corrected chi connectivity index (χ3v) is 8.26. The zero-order valence-corrected chi connectivity index (χ0v) is 19.6. The van der Waals surface area contributed by atoms with Gasteiger partial charge in [-0.15, -0.1) is 0 Å². The van der Waals surface area contributed by atoms with Gasteiger partial charge in [0, 0.05) is 37.9 Å². The molecule has 2 amide bonds. The molecule has 2 atom stereocenters. The molecule has 0 bridgehead atoms. The van der Waals surface area contributed by atoms with Crippen molar-refractivity contribution in [3.8, 4) is 11.1 Å². The van der Waals surface area contributed by atoms with Crippen molar-refractivity contribution >= 4 is 11.8 Å². The van der Waals surface area contributed by atoms with Crippen LogP contribution in [0.15, 0.2) is 48.8 Å². The topological polar surface area (TPSA) is 62.3 Å². The Labute approximate surface area is 197 Å². The van der Waals surface area contributed by atoms with Crippen LogP contribution in [0, 0.1) is 23.2 Å². The number of likely N-dealkylation sites (tertiary alicyclic amines) is 1. The second-order valence-electron chi connectivity index (χ2n) is 10.2. The monoisotopic (exact) mass is 445 g/mol. The maximum atomic E-state index is 13.3. The molecule has 1 aromatic carbocycles. The van der Waals surface area contributed by atoms with Gasteiger partial charge in [0.2, 0.25) is 11.8 Å². The van der Waals surface area contributed by atoms with E-state index in [1.54, 1.807) is 6.20 Å². The van der Waals surface area contributed by atoms with Gasteiger partial charge in [-0.05, 0) is 73.6 Å². The summed E-state index contributed by atoms with van der Waals surface area (Å²) in [6, 6.07) is 12.5. The summed E-state index contributed by atoms with van der Waals surface area (Å²) in [6.45, 7) is 3.98. The van der Waals surface area contributed by atoms with Crippen molar-refractivity contribution in [2.75, 3.05) is 19.6 Å². The number of piperidine rings is 1. The van der Waals surface area contributed by atoms with Crippen LogP contribution >= 0.6 is 0 Å². The summed E-state index contributed by atoms with van der Waals surface area (Å²) in [5.74, 6) is 2.02. The minimum Gasteiger partial charge on any atom is -0.356 e. The number of nitrogens with zero attached hydrogens (tertiary/aromatic N) is 2. The quantitative estimate of drug-likeness (QED) is 0.713. The minimum atomic E-state index is -0.462. The van der Waals surface area contributed by atoms with Crippen molar-refractivity contribution < 1.29 is 9.59 Å². The molecule has 33 heavy (non-hydrogen) atoms. The third-order valence-electron chi connectivity index (χ3n) is 8.26. The predicted molar refractivity (Wildman–Crippen MR) is 129 cm³/mol. The van der Waals surface area contributed by atoms with E-state index in [-0.39, 0.29) is 11.8 Å². The number of nitrogens with one attached hydrogen (secondary N) is 1. The summed E-state index contributed by atoms with van der Waals surface area (Å²) < 4.78 is 0. The first-order valence-corrected chi connectivity index (χ1v) is 12.7. The van der Waals surface area contributed by atoms with Crippen molar-refractivity contribution in [2.45, 2.75) is 51.9 Å². The van der Waals surface area contributed by atoms with E-state index in [0.29, 0.717) is 43.8 Å². The Bertz CT molecular complexity index is 985. The molecule has 1 saturated heterocycles. The third kappa shape index (κ3) is 4.42. The normalized spacial score (nSPS) is 25.7. The van der Waals surface area contributed by atoms with Gasteiger partial charge >= 0.3 is 0 Å². The Morgan fingerprint density at radius 3 is 2.45 bits per heavy atom. The van der Waals surface area contributed by atoms with Gasteiger partial charge in [-0.1, -0.05) is 43.2 Å². The summed E-state index contributed by atoms with van der Waals surface area (Å²) in [5, 5.41) is 3.09. The lowest BCUT2D eigenvalue weighted by atomic mass is 9.72. The van der Waals surface area contributed by atoms with Gasteiger partial charge in [-0.25, -0.2) is 0 Å². The Morgan fingerprint density at radius 1 is 1.06 bits per heavy atom. The van der Waals surface area contributed by atoms with E-state index in [9.17, 15) is 9.59 Å². The van der Waals surface area contributed by atoms with E-state index in [4.69, 9.17) is 0 Å². The fourth-order valence-electron chi connectivity index (χ4n) is 6.34. The summed E-state index contributed by atoms with van der Waals surface area (Å²) in [6.07, 6.45) is 10.8. The number of fused-ring (bicyclic) bond motifs is 1. The molecule has 1 N–H and O–H groups in total. The van der Waals surface area contributed by atoms with Crippen molar-refractivity contribution in [2.24, 2.45) is 23.2 Å². The fraction of sp³-hybridized carbons (Fsp3) is 0.536. The maximum Gasteiger partial charge on any atom is 0.226 e. The average Bonchev–Trinajstić information content (AvgIpc) is 3.59. The minimum absolute atomic E-state index is 0.129. The van der Waals surface area contributed by atoms with E-state index >= 15 is 0 Å². The standard InChI is InChI=1S/C28H35N3O2/c1-2-30-27(33)28(18-20-7-5-8-21(17-20)22-9-6-14-29-19-22)12-15-31(16-13-28)26(32)25-23-10-3-4-11-24(23)25/h5-9,14,17,19,23-25H,2-4,10-13,15-16,18H2,1H3,(H,30,33). The molecular weight excluding hydrogens is 410 g/mol. The lowest BCUT2D eigenvalue weighted by Crippen LogP contribution is -2.51. The van der Waals surface area contributed by atoms with Crippen LogP contribution in [0.3, 0.4) is 0 Å². The van der Waals surface area contributed by atoms with E-state index < -0.39 is 5.41 Å². The number of rotatable bonds is 6. The van der Waals surface area contributed by atoms with Crippen LogP contribution in [0.4, 0.5) is 0 Å². The highest BCUT2D eigenvalue weighted by Crippen LogP contribution is 2.56. The molecule has 1 aliphatic heterocycles. The number of aromatic nitrogens is 1. The number of carbonyl (C=O) groups excluding carboxylic acids is 2. The molecule has 5 rings (SSSR count). The fourth-order valence-corrected chi connectivity index (χ4v) is 6.34. The molecule has 3 aliphatic rings. The van der Waals surface area contributed by atoms with Crippen LogP contribution in [-0.2, 0) is 16.0 Å². The highest BCUT2D eigenvalue weighted by Gasteiger charge is 2.56. The van der Waals surface area contributed by atoms with Crippen LogP contribution in [0.25, 0.3) is 11.1 Å². The first kappa shape index (κ1) is 22.1. The van der Waals surface area contributed by atoms with Crippen LogP contribution in [0.5, 0.6) is 0 Å². The van der Waals surface area contributed by atoms with Crippen LogP contribution in [-0.4, -0.2) is 41.3 Å². The van der Waals surface area contributed by atoms with Gasteiger partial charge in [0.25, 0.3) is 0 Å². The molecule has 2 aromatic rings. The molecule has 2 unspecified atom stereocenters. The first-order chi connectivity index (χ1) is 16.1. The number of pyridine rings is 1. The van der Waals surface area contributed by atoms with Crippen LogP contribution in [0.1, 0.15) is 51.0 Å². The summed E-state index contributed by atoms with van der Waals surface area (Å²) in [5.41, 5.74) is 2.90. The lowest BCUT2D eigenvalue weighted by Gasteiger charge is -2.41. The van der Waals surface area contributed by atoms with Gasteiger partial charge in [0.1, 0.15) is 0 Å². The van der Waals surface area contributed by atoms with Crippen molar-refractivity contribution in [3.63, 3.8) is 0 Å². The SMILES string of the molecule is CCNC(=O)C1(Cc2cccc(-c3cccnc3)c2)CCN(C(=O)C2C3CCCCC32)CC1. The van der Waals surface area contributed by atoms with Crippen molar-refractivity contribution in [3.05, 3.63) is 54.4 Å². The Kier molecular flexibility index (Phi) is 6.22. The van der Waals surface area contributed by atoms with Gasteiger partial charge < -0.3 is 10.2 Å². The van der Waals surface area contributed by atoms with E-state index in [1.165, 1.54) is 25.7 Å². The van der Waals surface area contributed by atoms with Gasteiger partial charge in [-0.3, -0.25) is 14.6 Å². The number of hydrogen-bond donors (Lipinski definition) is 1. The zero-order chi connectivity index (χ0) is 22.8. The van der Waals surface area contributed by atoms with E-state index in [2.05, 4.69) is 45.5 Å². The van der Waals surface area contributed by atoms with Gasteiger partial charge in [0.15, 0.2) is 0 Å². The second-order valence-corrected chi connectivity index (χ2v) is 10.2. The highest BCUT2D eigenvalue weighted by atomic mass is 16.2. The molecule has 5 nitrogen and oxygen atoms in total. The van der Waals surface area contributed by atoms with Crippen molar-refractivity contribution in [1.82, 2.24) is 15.2 Å². The smallest absolute Gasteiger partial charge is 0.226 e. The molecule has 2 aliphatic carbocycles. The molecule has 174 valence electrons. The molecule has 0 spiro atoms. The summed E-state index contributed by atoms with van der Waals surface area (Å²) in [4.78, 5) is 32.8. The maximum absolute atomic E-state index is 13.3. The molecular formula is C28H35N3O2. The van der Waals surface area contributed by atoms with Gasteiger partial charge in [0.05, 0.1) is 5.41 Å². The summed E-state index contributed by atoms with van der Waals surface area (Å²) >= 11 is 0. The zero-order valence-electron chi connectivity index (χ0n) is 19.6. The highest BCUT2D eigenvalue weighted by molar-refractivity contribution is 5.85. The number of benzene rings is 1. The summed E-state index contributed by atoms with van der Waals surface area (Å²) in [7, 11) is 0. The Hall–Kier alpha value is -2.69. The first-order valence-electron chi connectivity index (χ1n) is 12.7. The molecule has 2 saturated carbocycles. The van der Waals surface area contributed by atoms with E-state index in [1.807, 2.05) is 19.2 Å².